The molecule has 0 radical (unpaired) electrons. The van der Waals surface area contributed by atoms with Gasteiger partial charge in [0.2, 0.25) is 0 Å². The molecule has 0 heterocycles. The lowest BCUT2D eigenvalue weighted by Gasteiger charge is -2.06. The molecule has 76 valence electrons. The molecular formula is C10H13FN2O. The Morgan fingerprint density at radius 2 is 2.21 bits per heavy atom. The number of anilines is 1. The molecule has 1 amide bonds. The molecule has 0 bridgehead atoms. The number of nitrogen functional groups attached to an aromatic ring is 1. The van der Waals surface area contributed by atoms with Crippen molar-refractivity contribution >= 4 is 11.6 Å². The maximum atomic E-state index is 13.4. The SMILES string of the molecule is CCNC(=O)c1cc(N)cc(C)c1F. The van der Waals surface area contributed by atoms with Crippen molar-refractivity contribution in [2.24, 2.45) is 0 Å². The summed E-state index contributed by atoms with van der Waals surface area (Å²) in [4.78, 5) is 11.4. The van der Waals surface area contributed by atoms with Gasteiger partial charge in [0, 0.05) is 12.2 Å². The summed E-state index contributed by atoms with van der Waals surface area (Å²) >= 11 is 0. The van der Waals surface area contributed by atoms with Gasteiger partial charge in [0.1, 0.15) is 5.82 Å². The number of benzene rings is 1. The monoisotopic (exact) mass is 196 g/mol. The average Bonchev–Trinajstić information content (AvgIpc) is 2.11. The Kier molecular flexibility index (Phi) is 3.06. The van der Waals surface area contributed by atoms with Gasteiger partial charge in [-0.15, -0.1) is 0 Å². The largest absolute Gasteiger partial charge is 0.399 e. The van der Waals surface area contributed by atoms with Crippen LogP contribution in [-0.4, -0.2) is 12.5 Å². The topological polar surface area (TPSA) is 55.1 Å². The lowest BCUT2D eigenvalue weighted by molar-refractivity contribution is 0.0951. The first kappa shape index (κ1) is 10.5. The van der Waals surface area contributed by atoms with Crippen molar-refractivity contribution < 1.29 is 9.18 Å². The van der Waals surface area contributed by atoms with Crippen molar-refractivity contribution in [2.75, 3.05) is 12.3 Å². The molecule has 0 aliphatic rings. The Hall–Kier alpha value is -1.58. The van der Waals surface area contributed by atoms with Crippen molar-refractivity contribution in [1.82, 2.24) is 5.32 Å². The predicted molar refractivity (Wildman–Crippen MR) is 53.6 cm³/mol. The fourth-order valence-corrected chi connectivity index (χ4v) is 1.22. The summed E-state index contributed by atoms with van der Waals surface area (Å²) in [6, 6.07) is 2.84. The molecule has 3 N–H and O–H groups in total. The quantitative estimate of drug-likeness (QED) is 0.704. The number of nitrogens with one attached hydrogen (secondary N) is 1. The van der Waals surface area contributed by atoms with Crippen molar-refractivity contribution in [2.45, 2.75) is 13.8 Å². The Morgan fingerprint density at radius 1 is 1.57 bits per heavy atom. The predicted octanol–water partition coefficient (Wildman–Crippen LogP) is 1.47. The van der Waals surface area contributed by atoms with Gasteiger partial charge < -0.3 is 11.1 Å². The molecule has 4 heteroatoms. The van der Waals surface area contributed by atoms with Crippen LogP contribution in [0.25, 0.3) is 0 Å². The van der Waals surface area contributed by atoms with Gasteiger partial charge in [-0.25, -0.2) is 4.39 Å². The highest BCUT2D eigenvalue weighted by Crippen LogP contribution is 2.16. The highest BCUT2D eigenvalue weighted by Gasteiger charge is 2.13. The molecule has 1 aromatic carbocycles. The molecule has 0 saturated carbocycles. The Bertz CT molecular complexity index is 363. The van der Waals surface area contributed by atoms with Crippen molar-refractivity contribution in [1.29, 1.82) is 0 Å². The molecule has 3 nitrogen and oxygen atoms in total. The van der Waals surface area contributed by atoms with Gasteiger partial charge >= 0.3 is 0 Å². The average molecular weight is 196 g/mol. The summed E-state index contributed by atoms with van der Waals surface area (Å²) in [6.45, 7) is 3.81. The van der Waals surface area contributed by atoms with E-state index in [9.17, 15) is 9.18 Å². The first-order valence-electron chi connectivity index (χ1n) is 4.40. The summed E-state index contributed by atoms with van der Waals surface area (Å²) in [5.41, 5.74) is 6.29. The zero-order chi connectivity index (χ0) is 10.7. The van der Waals surface area contributed by atoms with E-state index in [4.69, 9.17) is 5.73 Å². The summed E-state index contributed by atoms with van der Waals surface area (Å²) in [7, 11) is 0. The molecule has 0 aliphatic carbocycles. The van der Waals surface area contributed by atoms with E-state index in [1.54, 1.807) is 13.8 Å². The fourth-order valence-electron chi connectivity index (χ4n) is 1.22. The number of aryl methyl sites for hydroxylation is 1. The lowest BCUT2D eigenvalue weighted by atomic mass is 10.1. The highest BCUT2D eigenvalue weighted by molar-refractivity contribution is 5.95. The van der Waals surface area contributed by atoms with Gasteiger partial charge in [0.05, 0.1) is 5.56 Å². The van der Waals surface area contributed by atoms with Gasteiger partial charge in [-0.05, 0) is 31.5 Å². The second-order valence-electron chi connectivity index (χ2n) is 3.06. The normalized spacial score (nSPS) is 9.93. The molecule has 14 heavy (non-hydrogen) atoms. The number of nitrogens with two attached hydrogens (primary N) is 1. The molecule has 0 saturated heterocycles. The van der Waals surface area contributed by atoms with E-state index in [0.717, 1.165) is 0 Å². The molecular weight excluding hydrogens is 183 g/mol. The lowest BCUT2D eigenvalue weighted by Crippen LogP contribution is -2.24. The maximum Gasteiger partial charge on any atom is 0.254 e. The van der Waals surface area contributed by atoms with Crippen LogP contribution in [0.3, 0.4) is 0 Å². The van der Waals surface area contributed by atoms with Crippen molar-refractivity contribution in [3.05, 3.63) is 29.1 Å². The van der Waals surface area contributed by atoms with Crippen LogP contribution in [0.2, 0.25) is 0 Å². The third kappa shape index (κ3) is 2.02. The number of halogens is 1. The number of rotatable bonds is 2. The maximum absolute atomic E-state index is 13.4. The fraction of sp³-hybridized carbons (Fsp3) is 0.300. The number of amides is 1. The van der Waals surface area contributed by atoms with E-state index in [1.807, 2.05) is 0 Å². The van der Waals surface area contributed by atoms with E-state index < -0.39 is 11.7 Å². The molecule has 0 aliphatic heterocycles. The van der Waals surface area contributed by atoms with Crippen LogP contribution in [0.5, 0.6) is 0 Å². The Labute approximate surface area is 82.1 Å². The smallest absolute Gasteiger partial charge is 0.254 e. The van der Waals surface area contributed by atoms with Crippen LogP contribution in [0.1, 0.15) is 22.8 Å². The van der Waals surface area contributed by atoms with Crippen LogP contribution in [0, 0.1) is 12.7 Å². The number of hydrogen-bond donors (Lipinski definition) is 2. The first-order valence-corrected chi connectivity index (χ1v) is 4.40. The minimum Gasteiger partial charge on any atom is -0.399 e. The first-order chi connectivity index (χ1) is 6.56. The Morgan fingerprint density at radius 3 is 2.79 bits per heavy atom. The van der Waals surface area contributed by atoms with Crippen LogP contribution in [0.4, 0.5) is 10.1 Å². The zero-order valence-electron chi connectivity index (χ0n) is 8.23. The van der Waals surface area contributed by atoms with Crippen LogP contribution in [-0.2, 0) is 0 Å². The zero-order valence-corrected chi connectivity index (χ0v) is 8.23. The minimum atomic E-state index is -0.509. The number of hydrogen-bond acceptors (Lipinski definition) is 2. The molecule has 0 aromatic heterocycles. The van der Waals surface area contributed by atoms with Crippen LogP contribution >= 0.6 is 0 Å². The number of carbonyl (C=O) groups excluding carboxylic acids is 1. The molecule has 1 aromatic rings. The van der Waals surface area contributed by atoms with Gasteiger partial charge in [0.15, 0.2) is 0 Å². The third-order valence-corrected chi connectivity index (χ3v) is 1.86. The second-order valence-corrected chi connectivity index (χ2v) is 3.06. The molecule has 0 fully saturated rings. The molecule has 0 spiro atoms. The summed E-state index contributed by atoms with van der Waals surface area (Å²) < 4.78 is 13.4. The third-order valence-electron chi connectivity index (χ3n) is 1.86. The van der Waals surface area contributed by atoms with E-state index in [2.05, 4.69) is 5.32 Å². The van der Waals surface area contributed by atoms with Gasteiger partial charge in [0.25, 0.3) is 5.91 Å². The Balaban J connectivity index is 3.13. The molecule has 1 rings (SSSR count). The standard InChI is InChI=1S/C10H13FN2O/c1-3-13-10(14)8-5-7(12)4-6(2)9(8)11/h4-5H,3,12H2,1-2H3,(H,13,14). The van der Waals surface area contributed by atoms with Crippen LogP contribution in [0.15, 0.2) is 12.1 Å². The van der Waals surface area contributed by atoms with Gasteiger partial charge in [-0.1, -0.05) is 0 Å². The molecule has 0 atom stereocenters. The summed E-state index contributed by atoms with van der Waals surface area (Å²) in [5, 5.41) is 2.52. The summed E-state index contributed by atoms with van der Waals surface area (Å²) in [5.74, 6) is -0.939. The van der Waals surface area contributed by atoms with Crippen LogP contribution < -0.4 is 11.1 Å². The summed E-state index contributed by atoms with van der Waals surface area (Å²) in [6.07, 6.45) is 0. The van der Waals surface area contributed by atoms with Gasteiger partial charge in [-0.3, -0.25) is 4.79 Å². The van der Waals surface area contributed by atoms with Gasteiger partial charge in [-0.2, -0.15) is 0 Å². The van der Waals surface area contributed by atoms with E-state index in [1.165, 1.54) is 12.1 Å². The number of carbonyl (C=O) groups is 1. The van der Waals surface area contributed by atoms with Crippen molar-refractivity contribution in [3.63, 3.8) is 0 Å². The highest BCUT2D eigenvalue weighted by atomic mass is 19.1. The van der Waals surface area contributed by atoms with E-state index >= 15 is 0 Å². The minimum absolute atomic E-state index is 0.00403. The second kappa shape index (κ2) is 4.09. The van der Waals surface area contributed by atoms with E-state index in [0.29, 0.717) is 17.8 Å². The van der Waals surface area contributed by atoms with E-state index in [-0.39, 0.29) is 5.56 Å². The molecule has 0 unspecified atom stereocenters. The van der Waals surface area contributed by atoms with Crippen molar-refractivity contribution in [3.8, 4) is 0 Å².